The number of carbonyl (C=O) groups is 1. The highest BCUT2D eigenvalue weighted by atomic mass is 16.3. The number of likely N-dealkylation sites (N-methyl/N-ethyl adjacent to an activating group) is 1. The Morgan fingerprint density at radius 3 is 2.65 bits per heavy atom. The summed E-state index contributed by atoms with van der Waals surface area (Å²) in [6, 6.07) is 20.3. The minimum absolute atomic E-state index is 0.0360. The molecule has 0 bridgehead atoms. The zero-order valence-corrected chi connectivity index (χ0v) is 21.8. The summed E-state index contributed by atoms with van der Waals surface area (Å²) in [7, 11) is 0. The minimum Gasteiger partial charge on any atom is -0.386 e. The van der Waals surface area contributed by atoms with Crippen molar-refractivity contribution in [1.29, 1.82) is 0 Å². The highest BCUT2D eigenvalue weighted by molar-refractivity contribution is 5.98. The van der Waals surface area contributed by atoms with Gasteiger partial charge in [-0.15, -0.1) is 0 Å². The van der Waals surface area contributed by atoms with Gasteiger partial charge in [-0.2, -0.15) is 0 Å². The zero-order chi connectivity index (χ0) is 25.7. The largest absolute Gasteiger partial charge is 0.386 e. The molecule has 0 spiro atoms. The number of nitrogens with zero attached hydrogens (tertiary/aromatic N) is 3. The molecule has 2 aliphatic rings. The van der Waals surface area contributed by atoms with Crippen molar-refractivity contribution in [3.8, 4) is 11.3 Å². The highest BCUT2D eigenvalue weighted by Crippen LogP contribution is 2.40. The molecule has 0 radical (unpaired) electrons. The third-order valence-corrected chi connectivity index (χ3v) is 7.94. The molecule has 1 aliphatic carbocycles. The molecule has 2 aromatic carbocycles. The maximum Gasteiger partial charge on any atom is 0.275 e. The van der Waals surface area contributed by atoms with E-state index in [-0.39, 0.29) is 18.0 Å². The topological polar surface area (TPSA) is 82.4 Å². The van der Waals surface area contributed by atoms with Crippen LogP contribution in [0.4, 0.5) is 0 Å². The van der Waals surface area contributed by atoms with Gasteiger partial charge in [0.25, 0.3) is 5.91 Å². The van der Waals surface area contributed by atoms with Gasteiger partial charge in [0.15, 0.2) is 5.69 Å². The first-order valence-corrected chi connectivity index (χ1v) is 13.7. The van der Waals surface area contributed by atoms with Crippen LogP contribution in [0.25, 0.3) is 11.3 Å². The molecule has 1 saturated carbocycles. The van der Waals surface area contributed by atoms with E-state index in [1.165, 1.54) is 5.56 Å². The van der Waals surface area contributed by atoms with Gasteiger partial charge in [0.05, 0.1) is 23.7 Å². The van der Waals surface area contributed by atoms with Crippen molar-refractivity contribution in [2.45, 2.75) is 56.7 Å². The maximum atomic E-state index is 14.2. The molecule has 196 valence electrons. The number of nitrogens with one attached hydrogen (secondary N) is 2. The average Bonchev–Trinajstić information content (AvgIpc) is 3.38. The van der Waals surface area contributed by atoms with Crippen LogP contribution in [0.3, 0.4) is 0 Å². The summed E-state index contributed by atoms with van der Waals surface area (Å²) in [6.45, 7) is 5.56. The van der Waals surface area contributed by atoms with Gasteiger partial charge in [-0.05, 0) is 31.4 Å². The van der Waals surface area contributed by atoms with Crippen LogP contribution < -0.4 is 10.6 Å². The Kier molecular flexibility index (Phi) is 8.03. The van der Waals surface area contributed by atoms with Crippen LogP contribution in [-0.2, 0) is 6.42 Å². The van der Waals surface area contributed by atoms with E-state index in [1.54, 1.807) is 6.33 Å². The third-order valence-electron chi connectivity index (χ3n) is 7.94. The molecule has 7 heteroatoms. The first kappa shape index (κ1) is 25.6. The van der Waals surface area contributed by atoms with Crippen LogP contribution in [0.1, 0.15) is 54.7 Å². The molecule has 1 amide bonds. The lowest BCUT2D eigenvalue weighted by molar-refractivity contribution is -0.0391. The van der Waals surface area contributed by atoms with Crippen molar-refractivity contribution >= 4 is 5.91 Å². The van der Waals surface area contributed by atoms with E-state index in [0.29, 0.717) is 18.8 Å². The fourth-order valence-electron chi connectivity index (χ4n) is 6.02. The third kappa shape index (κ3) is 5.49. The lowest BCUT2D eigenvalue weighted by Crippen LogP contribution is -2.54. The van der Waals surface area contributed by atoms with Crippen LogP contribution in [0, 0.1) is 0 Å². The maximum absolute atomic E-state index is 14.2. The van der Waals surface area contributed by atoms with Crippen molar-refractivity contribution < 1.29 is 9.90 Å². The lowest BCUT2D eigenvalue weighted by atomic mass is 9.79. The number of hydrogen-bond donors (Lipinski definition) is 3. The molecule has 2 unspecified atom stereocenters. The molecular formula is C30H39N5O2. The second-order valence-corrected chi connectivity index (χ2v) is 10.4. The first-order chi connectivity index (χ1) is 18.1. The Morgan fingerprint density at radius 1 is 1.14 bits per heavy atom. The van der Waals surface area contributed by atoms with Crippen LogP contribution in [0.15, 0.2) is 67.0 Å². The van der Waals surface area contributed by atoms with Gasteiger partial charge in [0, 0.05) is 37.8 Å². The van der Waals surface area contributed by atoms with Crippen molar-refractivity contribution in [1.82, 2.24) is 25.1 Å². The number of carbonyl (C=O) groups excluding carboxylic acids is 1. The first-order valence-electron chi connectivity index (χ1n) is 13.7. The van der Waals surface area contributed by atoms with Gasteiger partial charge < -0.3 is 25.2 Å². The van der Waals surface area contributed by atoms with Gasteiger partial charge in [0.2, 0.25) is 0 Å². The molecular weight excluding hydrogens is 462 g/mol. The number of aliphatic hydroxyl groups is 1. The second kappa shape index (κ2) is 11.6. The Labute approximate surface area is 219 Å². The summed E-state index contributed by atoms with van der Waals surface area (Å²) < 4.78 is 2.09. The van der Waals surface area contributed by atoms with E-state index in [4.69, 9.17) is 4.98 Å². The number of benzene rings is 2. The molecule has 2 heterocycles. The normalized spacial score (nSPS) is 24.2. The molecule has 2 fully saturated rings. The molecule has 7 nitrogen and oxygen atoms in total. The summed E-state index contributed by atoms with van der Waals surface area (Å²) >= 11 is 0. The Balaban J connectivity index is 1.52. The summed E-state index contributed by atoms with van der Waals surface area (Å²) in [6.07, 6.45) is 6.23. The number of amides is 1. The van der Waals surface area contributed by atoms with E-state index in [9.17, 15) is 9.90 Å². The van der Waals surface area contributed by atoms with E-state index in [0.717, 1.165) is 63.0 Å². The van der Waals surface area contributed by atoms with Crippen molar-refractivity contribution in [3.63, 3.8) is 0 Å². The Bertz CT molecular complexity index is 1170. The second-order valence-electron chi connectivity index (χ2n) is 10.4. The van der Waals surface area contributed by atoms with E-state index in [2.05, 4.69) is 34.3 Å². The van der Waals surface area contributed by atoms with Crippen molar-refractivity contribution in [2.75, 3.05) is 32.7 Å². The van der Waals surface area contributed by atoms with Crippen molar-refractivity contribution in [2.24, 2.45) is 0 Å². The number of rotatable bonds is 8. The van der Waals surface area contributed by atoms with Gasteiger partial charge in [-0.1, -0.05) is 80.4 Å². The van der Waals surface area contributed by atoms with Crippen LogP contribution in [0.5, 0.6) is 0 Å². The van der Waals surface area contributed by atoms with Gasteiger partial charge in [0.1, 0.15) is 0 Å². The molecule has 1 saturated heterocycles. The summed E-state index contributed by atoms with van der Waals surface area (Å²) in [4.78, 5) is 20.9. The van der Waals surface area contributed by atoms with Gasteiger partial charge in [-0.25, -0.2) is 4.98 Å². The molecule has 1 aliphatic heterocycles. The number of piperazine rings is 1. The molecule has 3 atom stereocenters. The van der Waals surface area contributed by atoms with Crippen molar-refractivity contribution in [3.05, 3.63) is 78.2 Å². The van der Waals surface area contributed by atoms with Crippen LogP contribution >= 0.6 is 0 Å². The predicted octanol–water partition coefficient (Wildman–Crippen LogP) is 3.66. The molecule has 37 heavy (non-hydrogen) atoms. The zero-order valence-electron chi connectivity index (χ0n) is 21.8. The SMILES string of the molecule is CCNCC1(O)CCCCC1n1cnc(C(=O)N2CCNC[C@H]2Cc2ccccc2)c1-c1ccccc1. The Morgan fingerprint density at radius 2 is 1.89 bits per heavy atom. The minimum atomic E-state index is -0.885. The molecule has 1 aromatic heterocycles. The summed E-state index contributed by atoms with van der Waals surface area (Å²) in [5.74, 6) is -0.0360. The highest BCUT2D eigenvalue weighted by Gasteiger charge is 2.42. The van der Waals surface area contributed by atoms with Gasteiger partial charge in [-0.3, -0.25) is 4.79 Å². The fourth-order valence-corrected chi connectivity index (χ4v) is 6.02. The summed E-state index contributed by atoms with van der Waals surface area (Å²) in [5.41, 5.74) is 2.57. The standard InChI is InChI=1S/C30H39N5O2/c1-2-31-21-30(37)16-10-9-15-26(30)35-22-33-27(28(35)24-13-7-4-8-14-24)29(36)34-18-17-32-20-25(34)19-23-11-5-3-6-12-23/h3-8,11-14,22,25-26,31-32,37H,2,9-10,15-21H2,1H3/t25-,26?,30?/m1/s1. The predicted molar refractivity (Wildman–Crippen MR) is 147 cm³/mol. The average molecular weight is 502 g/mol. The molecule has 5 rings (SSSR count). The van der Waals surface area contributed by atoms with E-state index >= 15 is 0 Å². The van der Waals surface area contributed by atoms with Gasteiger partial charge >= 0.3 is 0 Å². The Hall–Kier alpha value is -3.00. The summed E-state index contributed by atoms with van der Waals surface area (Å²) in [5, 5.41) is 18.6. The number of aromatic nitrogens is 2. The fraction of sp³-hybridized carbons (Fsp3) is 0.467. The number of imidazole rings is 1. The van der Waals surface area contributed by atoms with E-state index in [1.807, 2.05) is 53.4 Å². The smallest absolute Gasteiger partial charge is 0.275 e. The lowest BCUT2D eigenvalue weighted by Gasteiger charge is -2.41. The monoisotopic (exact) mass is 501 g/mol. The number of hydrogen-bond acceptors (Lipinski definition) is 5. The molecule has 3 aromatic rings. The van der Waals surface area contributed by atoms with Crippen LogP contribution in [-0.4, -0.2) is 69.8 Å². The molecule has 3 N–H and O–H groups in total. The van der Waals surface area contributed by atoms with E-state index < -0.39 is 5.60 Å². The van der Waals surface area contributed by atoms with Crippen LogP contribution in [0.2, 0.25) is 0 Å². The quantitative estimate of drug-likeness (QED) is 0.439.